The topological polar surface area (TPSA) is 41.5 Å². The molecule has 0 bridgehead atoms. The molecular weight excluding hydrogens is 262 g/mol. The molecule has 2 aromatic rings. The summed E-state index contributed by atoms with van der Waals surface area (Å²) in [4.78, 5) is 0. The average molecular weight is 284 g/mol. The lowest BCUT2D eigenvalue weighted by Crippen LogP contribution is -2.27. The number of aliphatic hydroxyl groups excluding tert-OH is 1. The van der Waals surface area contributed by atoms with Gasteiger partial charge in [-0.2, -0.15) is 0 Å². The van der Waals surface area contributed by atoms with Crippen LogP contribution in [0.2, 0.25) is 0 Å². The molecule has 2 rings (SSSR count). The molecule has 0 saturated heterocycles. The van der Waals surface area contributed by atoms with E-state index in [0.717, 1.165) is 17.7 Å². The molecule has 0 fully saturated rings. The van der Waals surface area contributed by atoms with E-state index in [1.54, 1.807) is 7.11 Å². The van der Waals surface area contributed by atoms with Gasteiger partial charge in [0, 0.05) is 13.1 Å². The molecule has 0 aromatic heterocycles. The summed E-state index contributed by atoms with van der Waals surface area (Å²) >= 11 is 0. The average Bonchev–Trinajstić information content (AvgIpc) is 2.54. The minimum atomic E-state index is -0.448. The SMILES string of the molecule is COc1cccc(CNCC(O)[CH]Cc2ccccc2)c1. The van der Waals surface area contributed by atoms with E-state index < -0.39 is 6.10 Å². The van der Waals surface area contributed by atoms with Gasteiger partial charge in [0.25, 0.3) is 0 Å². The highest BCUT2D eigenvalue weighted by Crippen LogP contribution is 2.12. The van der Waals surface area contributed by atoms with Crippen LogP contribution in [0.4, 0.5) is 0 Å². The van der Waals surface area contributed by atoms with Crippen LogP contribution in [0.25, 0.3) is 0 Å². The van der Waals surface area contributed by atoms with Gasteiger partial charge in [-0.05, 0) is 36.1 Å². The van der Waals surface area contributed by atoms with Gasteiger partial charge in [0.2, 0.25) is 0 Å². The van der Waals surface area contributed by atoms with E-state index >= 15 is 0 Å². The molecule has 2 aromatic carbocycles. The molecule has 21 heavy (non-hydrogen) atoms. The normalized spacial score (nSPS) is 12.1. The molecule has 1 unspecified atom stereocenters. The van der Waals surface area contributed by atoms with E-state index in [1.165, 1.54) is 5.56 Å². The van der Waals surface area contributed by atoms with Crippen LogP contribution in [0, 0.1) is 6.42 Å². The van der Waals surface area contributed by atoms with E-state index in [0.29, 0.717) is 13.1 Å². The van der Waals surface area contributed by atoms with Crippen molar-refractivity contribution in [3.63, 3.8) is 0 Å². The fourth-order valence-electron chi connectivity index (χ4n) is 2.12. The summed E-state index contributed by atoms with van der Waals surface area (Å²) in [5, 5.41) is 13.2. The Morgan fingerprint density at radius 1 is 1.10 bits per heavy atom. The van der Waals surface area contributed by atoms with Crippen molar-refractivity contribution in [2.75, 3.05) is 13.7 Å². The van der Waals surface area contributed by atoms with Crippen molar-refractivity contribution in [3.8, 4) is 5.75 Å². The molecule has 0 saturated carbocycles. The lowest BCUT2D eigenvalue weighted by molar-refractivity contribution is 0.200. The number of methoxy groups -OCH3 is 1. The van der Waals surface area contributed by atoms with Gasteiger partial charge in [0.15, 0.2) is 0 Å². The van der Waals surface area contributed by atoms with Crippen LogP contribution in [0.1, 0.15) is 11.1 Å². The van der Waals surface area contributed by atoms with E-state index in [2.05, 4.69) is 17.4 Å². The van der Waals surface area contributed by atoms with Gasteiger partial charge in [-0.15, -0.1) is 0 Å². The Hall–Kier alpha value is -1.84. The Bertz CT molecular complexity index is 528. The Balaban J connectivity index is 1.68. The molecule has 3 heteroatoms. The maximum absolute atomic E-state index is 9.95. The van der Waals surface area contributed by atoms with Gasteiger partial charge in [0.05, 0.1) is 13.2 Å². The van der Waals surface area contributed by atoms with Crippen LogP contribution < -0.4 is 10.1 Å². The molecule has 0 aliphatic carbocycles. The Kier molecular flexibility index (Phi) is 6.25. The molecular formula is C18H22NO2. The molecule has 3 nitrogen and oxygen atoms in total. The van der Waals surface area contributed by atoms with Crippen molar-refractivity contribution in [3.05, 3.63) is 72.1 Å². The molecule has 0 aliphatic rings. The Labute approximate surface area is 126 Å². The first kappa shape index (κ1) is 15.5. The van der Waals surface area contributed by atoms with E-state index in [1.807, 2.05) is 48.9 Å². The predicted molar refractivity (Wildman–Crippen MR) is 85.2 cm³/mol. The second-order valence-corrected chi connectivity index (χ2v) is 4.98. The summed E-state index contributed by atoms with van der Waals surface area (Å²) in [5.41, 5.74) is 2.36. The summed E-state index contributed by atoms with van der Waals surface area (Å²) in [6.07, 6.45) is 2.26. The summed E-state index contributed by atoms with van der Waals surface area (Å²) in [6, 6.07) is 18.1. The molecule has 1 radical (unpaired) electrons. The summed E-state index contributed by atoms with van der Waals surface area (Å²) < 4.78 is 5.19. The van der Waals surface area contributed by atoms with Gasteiger partial charge >= 0.3 is 0 Å². The lowest BCUT2D eigenvalue weighted by atomic mass is 10.1. The van der Waals surface area contributed by atoms with Gasteiger partial charge in [-0.1, -0.05) is 42.5 Å². The Morgan fingerprint density at radius 2 is 1.86 bits per heavy atom. The molecule has 1 atom stereocenters. The predicted octanol–water partition coefficient (Wildman–Crippen LogP) is 2.59. The first-order valence-electron chi connectivity index (χ1n) is 7.17. The fraction of sp³-hybridized carbons (Fsp3) is 0.278. The van der Waals surface area contributed by atoms with Gasteiger partial charge in [0.1, 0.15) is 5.75 Å². The molecule has 2 N–H and O–H groups in total. The first-order valence-corrected chi connectivity index (χ1v) is 7.17. The molecule has 0 aliphatic heterocycles. The lowest BCUT2D eigenvalue weighted by Gasteiger charge is -2.12. The maximum atomic E-state index is 9.95. The largest absolute Gasteiger partial charge is 0.497 e. The quantitative estimate of drug-likeness (QED) is 0.783. The van der Waals surface area contributed by atoms with Crippen molar-refractivity contribution < 1.29 is 9.84 Å². The number of ether oxygens (including phenoxy) is 1. The fourth-order valence-corrected chi connectivity index (χ4v) is 2.12. The zero-order valence-corrected chi connectivity index (χ0v) is 12.3. The summed E-state index contributed by atoms with van der Waals surface area (Å²) in [5.74, 6) is 0.852. The zero-order valence-electron chi connectivity index (χ0n) is 12.3. The standard InChI is InChI=1S/C18H22NO2/c1-21-18-9-5-8-16(12-18)13-19-14-17(20)11-10-15-6-3-2-4-7-15/h2-9,11-12,17,19-20H,10,13-14H2,1H3. The van der Waals surface area contributed by atoms with Crippen LogP contribution in [-0.2, 0) is 13.0 Å². The second kappa shape index (κ2) is 8.45. The third kappa shape index (κ3) is 5.58. The number of hydrogen-bond acceptors (Lipinski definition) is 3. The van der Waals surface area contributed by atoms with Gasteiger partial charge < -0.3 is 15.2 Å². The van der Waals surface area contributed by atoms with Crippen LogP contribution in [0.15, 0.2) is 54.6 Å². The van der Waals surface area contributed by atoms with Crippen LogP contribution in [0.3, 0.4) is 0 Å². The molecule has 111 valence electrons. The highest BCUT2D eigenvalue weighted by atomic mass is 16.5. The number of benzene rings is 2. The molecule has 0 amide bonds. The highest BCUT2D eigenvalue weighted by molar-refractivity contribution is 5.28. The molecule has 0 spiro atoms. The van der Waals surface area contributed by atoms with E-state index in [4.69, 9.17) is 4.74 Å². The number of aliphatic hydroxyl groups is 1. The third-order valence-electron chi connectivity index (χ3n) is 3.29. The van der Waals surface area contributed by atoms with E-state index in [9.17, 15) is 5.11 Å². The van der Waals surface area contributed by atoms with Crippen LogP contribution in [-0.4, -0.2) is 24.9 Å². The number of rotatable bonds is 8. The highest BCUT2D eigenvalue weighted by Gasteiger charge is 2.05. The van der Waals surface area contributed by atoms with Crippen molar-refractivity contribution in [1.82, 2.24) is 5.32 Å². The zero-order chi connectivity index (χ0) is 14.9. The molecule has 0 heterocycles. The summed E-state index contributed by atoms with van der Waals surface area (Å²) in [7, 11) is 1.66. The van der Waals surface area contributed by atoms with Gasteiger partial charge in [-0.25, -0.2) is 0 Å². The third-order valence-corrected chi connectivity index (χ3v) is 3.29. The first-order chi connectivity index (χ1) is 10.3. The van der Waals surface area contributed by atoms with E-state index in [-0.39, 0.29) is 0 Å². The van der Waals surface area contributed by atoms with Crippen molar-refractivity contribution in [2.24, 2.45) is 0 Å². The number of hydrogen-bond donors (Lipinski definition) is 2. The summed E-state index contributed by atoms with van der Waals surface area (Å²) in [6.45, 7) is 1.26. The van der Waals surface area contributed by atoms with Crippen molar-refractivity contribution in [1.29, 1.82) is 0 Å². The van der Waals surface area contributed by atoms with Crippen LogP contribution >= 0.6 is 0 Å². The monoisotopic (exact) mass is 284 g/mol. The second-order valence-electron chi connectivity index (χ2n) is 4.98. The minimum Gasteiger partial charge on any atom is -0.497 e. The maximum Gasteiger partial charge on any atom is 0.119 e. The van der Waals surface area contributed by atoms with Crippen LogP contribution in [0.5, 0.6) is 5.75 Å². The van der Waals surface area contributed by atoms with Crippen molar-refractivity contribution in [2.45, 2.75) is 19.1 Å². The van der Waals surface area contributed by atoms with Gasteiger partial charge in [-0.3, -0.25) is 0 Å². The minimum absolute atomic E-state index is 0.448. The number of nitrogens with one attached hydrogen (secondary N) is 1. The smallest absolute Gasteiger partial charge is 0.119 e. The Morgan fingerprint density at radius 3 is 2.62 bits per heavy atom. The van der Waals surface area contributed by atoms with Crippen molar-refractivity contribution >= 4 is 0 Å².